The van der Waals surface area contributed by atoms with Crippen LogP contribution in [-0.4, -0.2) is 14.8 Å². The van der Waals surface area contributed by atoms with Gasteiger partial charge in [0.25, 0.3) is 0 Å². The van der Waals surface area contributed by atoms with Crippen LogP contribution in [0.2, 0.25) is 0 Å². The first-order valence-corrected chi connectivity index (χ1v) is 7.00. The lowest BCUT2D eigenvalue weighted by molar-refractivity contribution is 1.02. The summed E-state index contributed by atoms with van der Waals surface area (Å²) in [6, 6.07) is 21.2. The van der Waals surface area contributed by atoms with Gasteiger partial charge in [-0.1, -0.05) is 30.3 Å². The van der Waals surface area contributed by atoms with Crippen molar-refractivity contribution in [2.75, 3.05) is 0 Å². The molecule has 1 N–H and O–H groups in total. The van der Waals surface area contributed by atoms with Gasteiger partial charge in [-0.3, -0.25) is 5.10 Å². The molecule has 0 aliphatic carbocycles. The number of hydrogen-bond acceptors (Lipinski definition) is 1. The highest BCUT2D eigenvalue weighted by Gasteiger charge is 2.10. The zero-order valence-corrected chi connectivity index (χ0v) is 11.7. The number of aromatic amines is 1. The first-order chi connectivity index (χ1) is 10.3. The van der Waals surface area contributed by atoms with Gasteiger partial charge >= 0.3 is 0 Å². The number of hydrogen-bond donors (Lipinski definition) is 1. The summed E-state index contributed by atoms with van der Waals surface area (Å²) in [6.07, 6.45) is 1.85. The Bertz CT molecular complexity index is 901. The van der Waals surface area contributed by atoms with Crippen molar-refractivity contribution in [2.24, 2.45) is 0 Å². The van der Waals surface area contributed by atoms with Crippen LogP contribution in [0.3, 0.4) is 0 Å². The summed E-state index contributed by atoms with van der Waals surface area (Å²) in [5.74, 6) is 0. The van der Waals surface area contributed by atoms with Crippen LogP contribution in [0, 0.1) is 6.92 Å². The van der Waals surface area contributed by atoms with Gasteiger partial charge in [0, 0.05) is 16.8 Å². The van der Waals surface area contributed by atoms with Crippen molar-refractivity contribution in [1.29, 1.82) is 0 Å². The number of fused-ring (bicyclic) bond motifs is 1. The Morgan fingerprint density at radius 3 is 2.67 bits per heavy atom. The fourth-order valence-corrected chi connectivity index (χ4v) is 2.78. The van der Waals surface area contributed by atoms with Gasteiger partial charge < -0.3 is 4.57 Å². The highest BCUT2D eigenvalue weighted by molar-refractivity contribution is 5.80. The van der Waals surface area contributed by atoms with E-state index in [1.807, 2.05) is 12.3 Å². The minimum Gasteiger partial charge on any atom is -0.314 e. The monoisotopic (exact) mass is 273 g/mol. The van der Waals surface area contributed by atoms with E-state index >= 15 is 0 Å². The second kappa shape index (κ2) is 4.63. The van der Waals surface area contributed by atoms with Gasteiger partial charge in [0.15, 0.2) is 0 Å². The molecule has 21 heavy (non-hydrogen) atoms. The summed E-state index contributed by atoms with van der Waals surface area (Å²) in [5, 5.41) is 8.26. The van der Waals surface area contributed by atoms with Crippen LogP contribution in [0.25, 0.3) is 27.8 Å². The van der Waals surface area contributed by atoms with E-state index in [1.165, 1.54) is 17.0 Å². The number of nitrogens with one attached hydrogen (secondary N) is 1. The molecule has 4 rings (SSSR count). The number of aromatic nitrogens is 3. The largest absolute Gasteiger partial charge is 0.314 e. The minimum atomic E-state index is 1.06. The fraction of sp³-hybridized carbons (Fsp3) is 0.0556. The number of benzene rings is 2. The highest BCUT2D eigenvalue weighted by Crippen LogP contribution is 2.27. The molecule has 0 unspecified atom stereocenters. The first kappa shape index (κ1) is 12.0. The van der Waals surface area contributed by atoms with Gasteiger partial charge in [-0.15, -0.1) is 0 Å². The van der Waals surface area contributed by atoms with Crippen molar-refractivity contribution in [3.63, 3.8) is 0 Å². The van der Waals surface area contributed by atoms with Crippen LogP contribution < -0.4 is 0 Å². The Balaban J connectivity index is 1.93. The quantitative estimate of drug-likeness (QED) is 0.579. The summed E-state index contributed by atoms with van der Waals surface area (Å²) < 4.78 is 2.27. The molecule has 0 spiro atoms. The van der Waals surface area contributed by atoms with Crippen LogP contribution in [0.1, 0.15) is 5.69 Å². The van der Waals surface area contributed by atoms with E-state index in [-0.39, 0.29) is 0 Å². The van der Waals surface area contributed by atoms with Crippen LogP contribution in [0.4, 0.5) is 0 Å². The second-order valence-electron chi connectivity index (χ2n) is 5.20. The third-order valence-electron chi connectivity index (χ3n) is 3.83. The second-order valence-corrected chi connectivity index (χ2v) is 5.20. The molecule has 0 aliphatic heterocycles. The van der Waals surface area contributed by atoms with E-state index in [2.05, 4.69) is 76.3 Å². The number of aryl methyl sites for hydroxylation is 1. The number of nitrogens with zero attached hydrogens (tertiary/aromatic N) is 2. The van der Waals surface area contributed by atoms with Crippen molar-refractivity contribution >= 4 is 10.9 Å². The lowest BCUT2D eigenvalue weighted by Crippen LogP contribution is -1.98. The molecule has 0 amide bonds. The number of H-pyrrole nitrogens is 1. The molecule has 0 aliphatic rings. The van der Waals surface area contributed by atoms with E-state index in [1.54, 1.807) is 0 Å². The fourth-order valence-electron chi connectivity index (χ4n) is 2.78. The highest BCUT2D eigenvalue weighted by atomic mass is 15.1. The van der Waals surface area contributed by atoms with Crippen LogP contribution in [0.15, 0.2) is 66.9 Å². The van der Waals surface area contributed by atoms with E-state index in [0.717, 1.165) is 16.6 Å². The topological polar surface area (TPSA) is 33.6 Å². The van der Waals surface area contributed by atoms with Gasteiger partial charge in [-0.05, 0) is 42.8 Å². The standard InChI is InChI=1S/C18H15N3/c1-13-7-10-18(14-5-3-2-4-6-14)21(13)16-9-8-15-12-19-20-17(15)11-16/h2-12H,1H3,(H,19,20). The third-order valence-corrected chi connectivity index (χ3v) is 3.83. The Kier molecular flexibility index (Phi) is 2.64. The predicted molar refractivity (Wildman–Crippen MR) is 85.6 cm³/mol. The average molecular weight is 273 g/mol. The molecule has 0 saturated heterocycles. The summed E-state index contributed by atoms with van der Waals surface area (Å²) >= 11 is 0. The summed E-state index contributed by atoms with van der Waals surface area (Å²) in [5.41, 5.74) is 5.84. The van der Waals surface area contributed by atoms with Gasteiger partial charge in [-0.25, -0.2) is 0 Å². The molecule has 2 aromatic carbocycles. The zero-order valence-electron chi connectivity index (χ0n) is 11.7. The molecule has 3 heteroatoms. The summed E-state index contributed by atoms with van der Waals surface area (Å²) in [7, 11) is 0. The third kappa shape index (κ3) is 1.94. The Labute approximate surface area is 122 Å². The maximum Gasteiger partial charge on any atom is 0.0671 e. The summed E-state index contributed by atoms with van der Waals surface area (Å²) in [4.78, 5) is 0. The minimum absolute atomic E-state index is 1.06. The molecule has 3 nitrogen and oxygen atoms in total. The Morgan fingerprint density at radius 2 is 1.81 bits per heavy atom. The normalized spacial score (nSPS) is 11.1. The molecular formula is C18H15N3. The average Bonchev–Trinajstić information content (AvgIpc) is 3.13. The zero-order chi connectivity index (χ0) is 14.2. The van der Waals surface area contributed by atoms with Crippen molar-refractivity contribution in [1.82, 2.24) is 14.8 Å². The molecule has 0 saturated carbocycles. The molecule has 2 heterocycles. The van der Waals surface area contributed by atoms with E-state index in [9.17, 15) is 0 Å². The van der Waals surface area contributed by atoms with E-state index in [0.29, 0.717) is 0 Å². The smallest absolute Gasteiger partial charge is 0.0671 e. The van der Waals surface area contributed by atoms with Gasteiger partial charge in [0.05, 0.1) is 17.4 Å². The first-order valence-electron chi connectivity index (χ1n) is 7.00. The molecule has 0 bridgehead atoms. The van der Waals surface area contributed by atoms with Crippen molar-refractivity contribution in [3.05, 3.63) is 72.6 Å². The maximum absolute atomic E-state index is 4.09. The molecule has 102 valence electrons. The van der Waals surface area contributed by atoms with Crippen LogP contribution in [0.5, 0.6) is 0 Å². The molecule has 0 atom stereocenters. The molecular weight excluding hydrogens is 258 g/mol. The maximum atomic E-state index is 4.09. The Hall–Kier alpha value is -2.81. The lowest BCUT2D eigenvalue weighted by Gasteiger charge is -2.12. The Morgan fingerprint density at radius 1 is 0.952 bits per heavy atom. The van der Waals surface area contributed by atoms with Crippen molar-refractivity contribution in [2.45, 2.75) is 6.92 Å². The molecule has 0 fully saturated rings. The van der Waals surface area contributed by atoms with E-state index < -0.39 is 0 Å². The van der Waals surface area contributed by atoms with Crippen LogP contribution in [-0.2, 0) is 0 Å². The summed E-state index contributed by atoms with van der Waals surface area (Å²) in [6.45, 7) is 2.13. The van der Waals surface area contributed by atoms with Crippen LogP contribution >= 0.6 is 0 Å². The SMILES string of the molecule is Cc1ccc(-c2ccccc2)n1-c1ccc2cn[nH]c2c1. The molecule has 2 aromatic heterocycles. The van der Waals surface area contributed by atoms with Crippen molar-refractivity contribution in [3.8, 4) is 16.9 Å². The van der Waals surface area contributed by atoms with Gasteiger partial charge in [0.1, 0.15) is 0 Å². The van der Waals surface area contributed by atoms with E-state index in [4.69, 9.17) is 0 Å². The molecule has 0 radical (unpaired) electrons. The van der Waals surface area contributed by atoms with Gasteiger partial charge in [-0.2, -0.15) is 5.10 Å². The lowest BCUT2D eigenvalue weighted by atomic mass is 10.1. The van der Waals surface area contributed by atoms with Gasteiger partial charge in [0.2, 0.25) is 0 Å². The number of rotatable bonds is 2. The molecule has 4 aromatic rings. The predicted octanol–water partition coefficient (Wildman–Crippen LogP) is 4.33. The van der Waals surface area contributed by atoms with Crippen molar-refractivity contribution < 1.29 is 0 Å².